The highest BCUT2D eigenvalue weighted by molar-refractivity contribution is 9.10. The maximum absolute atomic E-state index is 6.04. The molecular weight excluding hydrogens is 361 g/mol. The largest absolute Gasteiger partial charge is 0.484 e. The standard InChI is InChI=1S/C15H14BrCl2NO/c1-9(19)15(10-3-2-4-11(16)5-10)20-14-7-12(17)6-13(18)8-14/h2-9,15H,19H2,1H3. The normalized spacial score (nSPS) is 13.8. The summed E-state index contributed by atoms with van der Waals surface area (Å²) in [5.74, 6) is 0.602. The minimum atomic E-state index is -0.276. The van der Waals surface area contributed by atoms with Crippen LogP contribution in [0.3, 0.4) is 0 Å². The summed E-state index contributed by atoms with van der Waals surface area (Å²) in [4.78, 5) is 0. The van der Waals surface area contributed by atoms with Gasteiger partial charge in [-0.3, -0.25) is 0 Å². The fraction of sp³-hybridized carbons (Fsp3) is 0.200. The van der Waals surface area contributed by atoms with Crippen LogP contribution in [0.2, 0.25) is 10.0 Å². The average molecular weight is 375 g/mol. The predicted molar refractivity (Wildman–Crippen MR) is 87.6 cm³/mol. The first kappa shape index (κ1) is 15.6. The first-order valence-corrected chi connectivity index (χ1v) is 7.64. The summed E-state index contributed by atoms with van der Waals surface area (Å²) < 4.78 is 6.94. The van der Waals surface area contributed by atoms with Gasteiger partial charge in [0.05, 0.1) is 0 Å². The zero-order valence-corrected chi connectivity index (χ0v) is 13.9. The van der Waals surface area contributed by atoms with Gasteiger partial charge < -0.3 is 10.5 Å². The number of hydrogen-bond acceptors (Lipinski definition) is 2. The Morgan fingerprint density at radius 3 is 2.30 bits per heavy atom. The van der Waals surface area contributed by atoms with E-state index in [1.807, 2.05) is 31.2 Å². The molecule has 20 heavy (non-hydrogen) atoms. The van der Waals surface area contributed by atoms with E-state index in [1.165, 1.54) is 0 Å². The van der Waals surface area contributed by atoms with Crippen molar-refractivity contribution in [1.82, 2.24) is 0 Å². The van der Waals surface area contributed by atoms with Gasteiger partial charge in [0.1, 0.15) is 11.9 Å². The second kappa shape index (κ2) is 6.81. The average Bonchev–Trinajstić information content (AvgIpc) is 2.34. The van der Waals surface area contributed by atoms with Gasteiger partial charge in [0.25, 0.3) is 0 Å². The molecule has 2 aromatic carbocycles. The van der Waals surface area contributed by atoms with Gasteiger partial charge in [0.2, 0.25) is 0 Å². The molecule has 0 fully saturated rings. The van der Waals surface area contributed by atoms with E-state index >= 15 is 0 Å². The number of ether oxygens (including phenoxy) is 1. The van der Waals surface area contributed by atoms with Crippen LogP contribution in [0.15, 0.2) is 46.9 Å². The zero-order valence-electron chi connectivity index (χ0n) is 10.8. The van der Waals surface area contributed by atoms with Gasteiger partial charge in [-0.25, -0.2) is 0 Å². The molecule has 0 aliphatic rings. The molecule has 0 spiro atoms. The van der Waals surface area contributed by atoms with E-state index in [1.54, 1.807) is 18.2 Å². The van der Waals surface area contributed by atoms with Crippen LogP contribution in [-0.4, -0.2) is 6.04 Å². The molecule has 2 aromatic rings. The van der Waals surface area contributed by atoms with Crippen molar-refractivity contribution in [3.8, 4) is 5.75 Å². The van der Waals surface area contributed by atoms with Gasteiger partial charge >= 0.3 is 0 Å². The molecule has 0 saturated heterocycles. The Morgan fingerprint density at radius 1 is 1.10 bits per heavy atom. The minimum absolute atomic E-state index is 0.179. The van der Waals surface area contributed by atoms with Crippen LogP contribution < -0.4 is 10.5 Å². The maximum Gasteiger partial charge on any atom is 0.138 e. The Labute approximate surface area is 137 Å². The lowest BCUT2D eigenvalue weighted by molar-refractivity contribution is 0.180. The number of benzene rings is 2. The van der Waals surface area contributed by atoms with Crippen molar-refractivity contribution < 1.29 is 4.74 Å². The van der Waals surface area contributed by atoms with Crippen LogP contribution in [0, 0.1) is 0 Å². The third-order valence-corrected chi connectivity index (χ3v) is 3.68. The molecule has 2 rings (SSSR count). The van der Waals surface area contributed by atoms with Crippen LogP contribution in [-0.2, 0) is 0 Å². The summed E-state index contributed by atoms with van der Waals surface area (Å²) in [7, 11) is 0. The van der Waals surface area contributed by atoms with Crippen molar-refractivity contribution in [3.05, 3.63) is 62.5 Å². The fourth-order valence-corrected chi connectivity index (χ4v) is 2.83. The number of nitrogens with two attached hydrogens (primary N) is 1. The molecule has 2 unspecified atom stereocenters. The van der Waals surface area contributed by atoms with E-state index in [0.29, 0.717) is 15.8 Å². The number of rotatable bonds is 4. The summed E-state index contributed by atoms with van der Waals surface area (Å²) >= 11 is 15.4. The highest BCUT2D eigenvalue weighted by atomic mass is 79.9. The summed E-state index contributed by atoms with van der Waals surface area (Å²) in [5, 5.41) is 1.07. The third kappa shape index (κ3) is 4.13. The molecule has 0 saturated carbocycles. The lowest BCUT2D eigenvalue weighted by atomic mass is 10.0. The molecule has 0 heterocycles. The van der Waals surface area contributed by atoms with Crippen molar-refractivity contribution in [3.63, 3.8) is 0 Å². The van der Waals surface area contributed by atoms with E-state index in [9.17, 15) is 0 Å². The fourth-order valence-electron chi connectivity index (χ4n) is 1.91. The zero-order chi connectivity index (χ0) is 14.7. The van der Waals surface area contributed by atoms with Gasteiger partial charge in [-0.05, 0) is 42.8 Å². The maximum atomic E-state index is 6.04. The third-order valence-electron chi connectivity index (χ3n) is 2.75. The van der Waals surface area contributed by atoms with E-state index in [0.717, 1.165) is 10.0 Å². The predicted octanol–water partition coefficient (Wildman–Crippen LogP) is 5.22. The Bertz CT molecular complexity index is 584. The first-order valence-electron chi connectivity index (χ1n) is 6.09. The van der Waals surface area contributed by atoms with Crippen molar-refractivity contribution in [1.29, 1.82) is 0 Å². The van der Waals surface area contributed by atoms with Crippen LogP contribution in [0.25, 0.3) is 0 Å². The Balaban J connectivity index is 2.30. The number of hydrogen-bond donors (Lipinski definition) is 1. The lowest BCUT2D eigenvalue weighted by Crippen LogP contribution is -2.29. The molecule has 0 aromatic heterocycles. The van der Waals surface area contributed by atoms with Crippen LogP contribution in [0.5, 0.6) is 5.75 Å². The minimum Gasteiger partial charge on any atom is -0.484 e. The van der Waals surface area contributed by atoms with E-state index in [2.05, 4.69) is 15.9 Å². The molecule has 2 nitrogen and oxygen atoms in total. The molecular formula is C15H14BrCl2NO. The molecule has 0 aliphatic carbocycles. The Hall–Kier alpha value is -0.740. The van der Waals surface area contributed by atoms with E-state index in [-0.39, 0.29) is 12.1 Å². The van der Waals surface area contributed by atoms with Gasteiger partial charge in [-0.1, -0.05) is 51.3 Å². The van der Waals surface area contributed by atoms with Gasteiger partial charge in [0.15, 0.2) is 0 Å². The molecule has 0 aliphatic heterocycles. The topological polar surface area (TPSA) is 35.2 Å². The van der Waals surface area contributed by atoms with E-state index in [4.69, 9.17) is 33.7 Å². The Kier molecular flexibility index (Phi) is 5.33. The van der Waals surface area contributed by atoms with E-state index < -0.39 is 0 Å². The molecule has 5 heteroatoms. The van der Waals surface area contributed by atoms with Crippen molar-refractivity contribution >= 4 is 39.1 Å². The molecule has 2 N–H and O–H groups in total. The van der Waals surface area contributed by atoms with Gasteiger partial charge in [0, 0.05) is 20.6 Å². The van der Waals surface area contributed by atoms with Crippen molar-refractivity contribution in [2.45, 2.75) is 19.1 Å². The van der Waals surface area contributed by atoms with Crippen molar-refractivity contribution in [2.75, 3.05) is 0 Å². The monoisotopic (exact) mass is 373 g/mol. The van der Waals surface area contributed by atoms with Crippen LogP contribution >= 0.6 is 39.1 Å². The smallest absolute Gasteiger partial charge is 0.138 e. The quantitative estimate of drug-likeness (QED) is 0.795. The summed E-state index contributed by atoms with van der Waals surface area (Å²) in [6.45, 7) is 1.90. The van der Waals surface area contributed by atoms with Crippen molar-refractivity contribution in [2.24, 2.45) is 5.73 Å². The molecule has 0 bridgehead atoms. The highest BCUT2D eigenvalue weighted by Gasteiger charge is 2.19. The lowest BCUT2D eigenvalue weighted by Gasteiger charge is -2.23. The molecule has 0 radical (unpaired) electrons. The second-order valence-electron chi connectivity index (χ2n) is 4.56. The van der Waals surface area contributed by atoms with Gasteiger partial charge in [-0.15, -0.1) is 0 Å². The Morgan fingerprint density at radius 2 is 1.75 bits per heavy atom. The second-order valence-corrected chi connectivity index (χ2v) is 6.35. The summed E-state index contributed by atoms with van der Waals surface area (Å²) in [6, 6.07) is 12.8. The molecule has 0 amide bonds. The highest BCUT2D eigenvalue weighted by Crippen LogP contribution is 2.30. The summed E-state index contributed by atoms with van der Waals surface area (Å²) in [6.07, 6.45) is -0.276. The summed E-state index contributed by atoms with van der Waals surface area (Å²) in [5.41, 5.74) is 7.03. The number of halogens is 3. The molecule has 106 valence electrons. The van der Waals surface area contributed by atoms with Gasteiger partial charge in [-0.2, -0.15) is 0 Å². The van der Waals surface area contributed by atoms with Crippen LogP contribution in [0.4, 0.5) is 0 Å². The van der Waals surface area contributed by atoms with Crippen LogP contribution in [0.1, 0.15) is 18.6 Å². The molecule has 2 atom stereocenters. The first-order chi connectivity index (χ1) is 9.45. The SMILES string of the molecule is CC(N)C(Oc1cc(Cl)cc(Cl)c1)c1cccc(Br)c1.